The standard InChI is InChI=1S/C28H27ClFN5O3/c1-17(36)11-21-12-19(14-26(32-21)34-7-5-31-6-8-34)23-16-20(30)15-22(27(23)37)18-3-4-25(24(29)13-18)35-10-9-33(2)28(35)38/h3-4,9-10,12-16,31,37H,5-8,11H2,1-2H3. The third kappa shape index (κ3) is 5.07. The first-order valence-electron chi connectivity index (χ1n) is 12.2. The summed E-state index contributed by atoms with van der Waals surface area (Å²) in [7, 11) is 1.64. The average Bonchev–Trinajstić information content (AvgIpc) is 3.22. The Balaban J connectivity index is 1.60. The van der Waals surface area contributed by atoms with Crippen molar-refractivity contribution in [2.24, 2.45) is 7.05 Å². The number of carbonyl (C=O) groups excluding carboxylic acids is 1. The molecule has 5 rings (SSSR count). The van der Waals surface area contributed by atoms with Crippen LogP contribution in [0.5, 0.6) is 5.75 Å². The fraction of sp³-hybridized carbons (Fsp3) is 0.250. The van der Waals surface area contributed by atoms with E-state index in [1.807, 2.05) is 6.07 Å². The Hall–Kier alpha value is -3.95. The Bertz CT molecular complexity index is 1590. The van der Waals surface area contributed by atoms with E-state index in [0.717, 1.165) is 26.2 Å². The highest BCUT2D eigenvalue weighted by molar-refractivity contribution is 6.32. The SMILES string of the molecule is CC(=O)Cc1cc(-c2cc(F)cc(-c3ccc(-n4ccn(C)c4=O)c(Cl)c3)c2O)cc(N2CCNCC2)n1. The van der Waals surface area contributed by atoms with E-state index < -0.39 is 5.82 Å². The first-order chi connectivity index (χ1) is 18.2. The van der Waals surface area contributed by atoms with E-state index >= 15 is 0 Å². The molecule has 3 heterocycles. The molecule has 0 spiro atoms. The van der Waals surface area contributed by atoms with Gasteiger partial charge in [-0.05, 0) is 54.4 Å². The van der Waals surface area contributed by atoms with Crippen LogP contribution in [0.15, 0.2) is 59.7 Å². The Morgan fingerprint density at radius 3 is 2.42 bits per heavy atom. The van der Waals surface area contributed by atoms with Crippen molar-refractivity contribution in [1.82, 2.24) is 19.4 Å². The normalized spacial score (nSPS) is 13.6. The summed E-state index contributed by atoms with van der Waals surface area (Å²) >= 11 is 6.52. The van der Waals surface area contributed by atoms with E-state index in [-0.39, 0.29) is 39.8 Å². The molecule has 0 aliphatic carbocycles. The van der Waals surface area contributed by atoms with Gasteiger partial charge in [-0.2, -0.15) is 0 Å². The second-order valence-corrected chi connectivity index (χ2v) is 9.81. The highest BCUT2D eigenvalue weighted by Crippen LogP contribution is 2.41. The lowest BCUT2D eigenvalue weighted by Gasteiger charge is -2.29. The summed E-state index contributed by atoms with van der Waals surface area (Å²) in [6.45, 7) is 4.58. The Morgan fingerprint density at radius 2 is 1.79 bits per heavy atom. The van der Waals surface area contributed by atoms with Gasteiger partial charge in [0.15, 0.2) is 0 Å². The topological polar surface area (TPSA) is 92.4 Å². The van der Waals surface area contributed by atoms with Gasteiger partial charge >= 0.3 is 5.69 Å². The summed E-state index contributed by atoms with van der Waals surface area (Å²) in [5.74, 6) is -0.0391. The highest BCUT2D eigenvalue weighted by atomic mass is 35.5. The summed E-state index contributed by atoms with van der Waals surface area (Å²) in [5.41, 5.74) is 2.35. The number of halogens is 2. The number of ketones is 1. The van der Waals surface area contributed by atoms with Gasteiger partial charge in [-0.25, -0.2) is 14.2 Å². The van der Waals surface area contributed by atoms with Gasteiger partial charge in [0.25, 0.3) is 0 Å². The number of aryl methyl sites for hydroxylation is 1. The van der Waals surface area contributed by atoms with Crippen LogP contribution in [-0.4, -0.2) is 51.2 Å². The molecule has 1 aliphatic rings. The van der Waals surface area contributed by atoms with Crippen LogP contribution in [0.25, 0.3) is 27.9 Å². The van der Waals surface area contributed by atoms with Gasteiger partial charge in [0.05, 0.1) is 16.4 Å². The molecule has 2 aromatic carbocycles. The lowest BCUT2D eigenvalue weighted by molar-refractivity contribution is -0.116. The quantitative estimate of drug-likeness (QED) is 0.388. The van der Waals surface area contributed by atoms with Gasteiger partial charge in [0, 0.05) is 63.2 Å². The number of nitrogens with zero attached hydrogens (tertiary/aromatic N) is 4. The molecule has 2 aromatic heterocycles. The molecule has 0 radical (unpaired) electrons. The number of pyridine rings is 1. The van der Waals surface area contributed by atoms with Gasteiger partial charge in [-0.1, -0.05) is 17.7 Å². The van der Waals surface area contributed by atoms with Crippen LogP contribution in [0, 0.1) is 5.82 Å². The molecule has 38 heavy (non-hydrogen) atoms. The van der Waals surface area contributed by atoms with Gasteiger partial charge in [-0.3, -0.25) is 9.36 Å². The number of Topliss-reactive ketones (excluding diaryl/α,β-unsaturated/α-hetero) is 1. The summed E-state index contributed by atoms with van der Waals surface area (Å²) in [5, 5.41) is 14.9. The molecule has 0 unspecified atom stereocenters. The molecule has 1 aliphatic heterocycles. The Morgan fingerprint density at radius 1 is 1.08 bits per heavy atom. The van der Waals surface area contributed by atoms with Crippen LogP contribution in [-0.2, 0) is 18.3 Å². The summed E-state index contributed by atoms with van der Waals surface area (Å²) in [6.07, 6.45) is 3.37. The maximum absolute atomic E-state index is 15.0. The van der Waals surface area contributed by atoms with Gasteiger partial charge in [0.2, 0.25) is 0 Å². The summed E-state index contributed by atoms with van der Waals surface area (Å²) in [4.78, 5) is 31.0. The first-order valence-corrected chi connectivity index (χ1v) is 12.6. The van der Waals surface area contributed by atoms with Gasteiger partial charge in [-0.15, -0.1) is 0 Å². The molecule has 10 heteroatoms. The highest BCUT2D eigenvalue weighted by Gasteiger charge is 2.20. The average molecular weight is 536 g/mol. The molecule has 8 nitrogen and oxygen atoms in total. The van der Waals surface area contributed by atoms with Crippen LogP contribution in [0.3, 0.4) is 0 Å². The molecule has 2 N–H and O–H groups in total. The molecular weight excluding hydrogens is 509 g/mol. The van der Waals surface area contributed by atoms with Crippen LogP contribution in [0.4, 0.5) is 10.2 Å². The van der Waals surface area contributed by atoms with Crippen molar-refractivity contribution >= 4 is 23.2 Å². The van der Waals surface area contributed by atoms with E-state index in [9.17, 15) is 19.1 Å². The third-order valence-corrected chi connectivity index (χ3v) is 6.89. The number of aromatic hydroxyl groups is 1. The number of phenolic OH excluding ortho intramolecular Hbond substituents is 1. The van der Waals surface area contributed by atoms with Crippen LogP contribution < -0.4 is 15.9 Å². The van der Waals surface area contributed by atoms with Gasteiger partial charge < -0.3 is 19.9 Å². The van der Waals surface area contributed by atoms with E-state index in [1.54, 1.807) is 43.7 Å². The van der Waals surface area contributed by atoms with Crippen LogP contribution in [0.1, 0.15) is 12.6 Å². The number of piperazine rings is 1. The van der Waals surface area contributed by atoms with Crippen molar-refractivity contribution in [1.29, 1.82) is 0 Å². The smallest absolute Gasteiger partial charge is 0.332 e. The fourth-order valence-electron chi connectivity index (χ4n) is 4.69. The molecule has 1 fully saturated rings. The molecule has 196 valence electrons. The molecule has 4 aromatic rings. The van der Waals surface area contributed by atoms with Crippen molar-refractivity contribution in [3.05, 3.63) is 81.9 Å². The number of anilines is 1. The summed E-state index contributed by atoms with van der Waals surface area (Å²) in [6, 6.07) is 11.0. The number of nitrogens with one attached hydrogen (secondary N) is 1. The lowest BCUT2D eigenvalue weighted by Crippen LogP contribution is -2.44. The number of imidazole rings is 1. The number of aromatic nitrogens is 3. The maximum Gasteiger partial charge on any atom is 0.332 e. The van der Waals surface area contributed by atoms with E-state index in [0.29, 0.717) is 28.3 Å². The molecule has 0 atom stereocenters. The largest absolute Gasteiger partial charge is 0.507 e. The van der Waals surface area contributed by atoms with Crippen molar-refractivity contribution in [2.45, 2.75) is 13.3 Å². The number of hydrogen-bond donors (Lipinski definition) is 2. The predicted octanol–water partition coefficient (Wildman–Crippen LogP) is 3.94. The molecular formula is C28H27ClFN5O3. The Labute approximate surface area is 223 Å². The predicted molar refractivity (Wildman–Crippen MR) is 146 cm³/mol. The fourth-order valence-corrected chi connectivity index (χ4v) is 4.96. The molecule has 0 amide bonds. The number of rotatable bonds is 6. The molecule has 0 bridgehead atoms. The van der Waals surface area contributed by atoms with Crippen molar-refractivity contribution < 1.29 is 14.3 Å². The lowest BCUT2D eigenvalue weighted by atomic mass is 9.96. The zero-order chi connectivity index (χ0) is 27.0. The van der Waals surface area contributed by atoms with E-state index in [2.05, 4.69) is 15.2 Å². The van der Waals surface area contributed by atoms with Crippen molar-refractivity contribution in [3.63, 3.8) is 0 Å². The molecule has 0 saturated carbocycles. The number of phenols is 1. The minimum atomic E-state index is -0.541. The van der Waals surface area contributed by atoms with Gasteiger partial charge in [0.1, 0.15) is 23.2 Å². The van der Waals surface area contributed by atoms with Crippen molar-refractivity contribution in [3.8, 4) is 33.7 Å². The number of benzene rings is 2. The first kappa shape index (κ1) is 25.7. The second-order valence-electron chi connectivity index (χ2n) is 9.40. The van der Waals surface area contributed by atoms with Crippen LogP contribution in [0.2, 0.25) is 5.02 Å². The Kier molecular flexibility index (Phi) is 7.05. The second kappa shape index (κ2) is 10.4. The minimum Gasteiger partial charge on any atom is -0.507 e. The monoisotopic (exact) mass is 535 g/mol. The van der Waals surface area contributed by atoms with Crippen LogP contribution >= 0.6 is 11.6 Å². The van der Waals surface area contributed by atoms with E-state index in [4.69, 9.17) is 11.6 Å². The zero-order valence-electron chi connectivity index (χ0n) is 21.0. The maximum atomic E-state index is 15.0. The van der Waals surface area contributed by atoms with E-state index in [1.165, 1.54) is 28.2 Å². The summed E-state index contributed by atoms with van der Waals surface area (Å²) < 4.78 is 17.8. The number of carbonyl (C=O) groups is 1. The third-order valence-electron chi connectivity index (χ3n) is 6.59. The zero-order valence-corrected chi connectivity index (χ0v) is 21.8. The number of hydrogen-bond acceptors (Lipinski definition) is 6. The van der Waals surface area contributed by atoms with Crippen molar-refractivity contribution in [2.75, 3.05) is 31.1 Å². The molecule has 1 saturated heterocycles. The minimum absolute atomic E-state index is 0.0441.